The number of pyridine rings is 2. The van der Waals surface area contributed by atoms with Crippen molar-refractivity contribution in [2.45, 2.75) is 12.5 Å². The molecule has 2 heterocycles. The zero-order valence-electron chi connectivity index (χ0n) is 10.1. The highest BCUT2D eigenvalue weighted by atomic mass is 79.9. The molecule has 3 N–H and O–H groups in total. The summed E-state index contributed by atoms with van der Waals surface area (Å²) < 4.78 is 0.974. The summed E-state index contributed by atoms with van der Waals surface area (Å²) in [6.45, 7) is 0. The van der Waals surface area contributed by atoms with Crippen LogP contribution < -0.4 is 11.1 Å². The molecular weight excluding hydrogens is 292 g/mol. The molecule has 0 radical (unpaired) electrons. The lowest BCUT2D eigenvalue weighted by Crippen LogP contribution is -2.20. The largest absolute Gasteiger partial charge is 0.383 e. The van der Waals surface area contributed by atoms with Crippen molar-refractivity contribution in [1.82, 2.24) is 15.3 Å². The number of halogens is 1. The fraction of sp³-hybridized carbons (Fsp3) is 0.231. The van der Waals surface area contributed by atoms with Crippen molar-refractivity contribution >= 4 is 21.7 Å². The number of nitrogens with zero attached hydrogens (tertiary/aromatic N) is 2. The number of hydrogen-bond acceptors (Lipinski definition) is 4. The molecule has 1 atom stereocenters. The van der Waals surface area contributed by atoms with Gasteiger partial charge in [0.25, 0.3) is 0 Å². The van der Waals surface area contributed by atoms with E-state index in [0.717, 1.165) is 22.2 Å². The van der Waals surface area contributed by atoms with E-state index in [1.54, 1.807) is 12.4 Å². The Hall–Kier alpha value is -1.46. The number of nitrogens with one attached hydrogen (secondary N) is 1. The van der Waals surface area contributed by atoms with Crippen LogP contribution >= 0.6 is 15.9 Å². The van der Waals surface area contributed by atoms with E-state index in [1.807, 2.05) is 31.3 Å². The van der Waals surface area contributed by atoms with Crippen LogP contribution in [0.4, 0.5) is 5.82 Å². The second kappa shape index (κ2) is 5.93. The zero-order valence-corrected chi connectivity index (χ0v) is 11.7. The third-order valence-electron chi connectivity index (χ3n) is 2.81. The van der Waals surface area contributed by atoms with Crippen LogP contribution in [0.3, 0.4) is 0 Å². The van der Waals surface area contributed by atoms with Crippen LogP contribution in [-0.4, -0.2) is 17.0 Å². The predicted molar refractivity (Wildman–Crippen MR) is 76.1 cm³/mol. The molecule has 0 aliphatic heterocycles. The number of aromatic nitrogens is 2. The van der Waals surface area contributed by atoms with Crippen LogP contribution in [0.1, 0.15) is 17.3 Å². The molecule has 18 heavy (non-hydrogen) atoms. The van der Waals surface area contributed by atoms with Gasteiger partial charge in [0, 0.05) is 16.9 Å². The van der Waals surface area contributed by atoms with Crippen molar-refractivity contribution in [2.75, 3.05) is 12.8 Å². The fourth-order valence-corrected chi connectivity index (χ4v) is 2.03. The molecule has 0 amide bonds. The molecule has 0 saturated heterocycles. The van der Waals surface area contributed by atoms with Crippen molar-refractivity contribution in [3.63, 3.8) is 0 Å². The topological polar surface area (TPSA) is 63.8 Å². The number of hydrogen-bond donors (Lipinski definition) is 2. The number of anilines is 1. The Balaban J connectivity index is 2.20. The molecule has 1 unspecified atom stereocenters. The minimum Gasteiger partial charge on any atom is -0.383 e. The van der Waals surface area contributed by atoms with E-state index in [1.165, 1.54) is 0 Å². The quantitative estimate of drug-likeness (QED) is 0.910. The summed E-state index contributed by atoms with van der Waals surface area (Å²) >= 11 is 3.38. The fourth-order valence-electron chi connectivity index (χ4n) is 1.79. The summed E-state index contributed by atoms with van der Waals surface area (Å²) in [4.78, 5) is 8.50. The molecule has 0 spiro atoms. The summed E-state index contributed by atoms with van der Waals surface area (Å²) in [6.07, 6.45) is 4.27. The van der Waals surface area contributed by atoms with E-state index >= 15 is 0 Å². The van der Waals surface area contributed by atoms with Gasteiger partial charge in [-0.1, -0.05) is 6.07 Å². The Morgan fingerprint density at radius 3 is 2.78 bits per heavy atom. The zero-order chi connectivity index (χ0) is 13.0. The molecular formula is C13H15BrN4. The van der Waals surface area contributed by atoms with Crippen LogP contribution in [0.5, 0.6) is 0 Å². The Morgan fingerprint density at radius 2 is 2.17 bits per heavy atom. The van der Waals surface area contributed by atoms with Crippen LogP contribution in [0.15, 0.2) is 41.1 Å². The van der Waals surface area contributed by atoms with Crippen molar-refractivity contribution in [3.8, 4) is 0 Å². The van der Waals surface area contributed by atoms with Gasteiger partial charge >= 0.3 is 0 Å². The molecule has 2 aromatic heterocycles. The molecule has 5 heteroatoms. The van der Waals surface area contributed by atoms with Crippen molar-refractivity contribution in [3.05, 3.63) is 52.4 Å². The van der Waals surface area contributed by atoms with Gasteiger partial charge in [0.05, 0.1) is 11.7 Å². The van der Waals surface area contributed by atoms with Gasteiger partial charge < -0.3 is 11.1 Å². The average molecular weight is 307 g/mol. The van der Waals surface area contributed by atoms with Gasteiger partial charge in [0.1, 0.15) is 5.82 Å². The molecule has 0 fully saturated rings. The average Bonchev–Trinajstić information content (AvgIpc) is 2.39. The summed E-state index contributed by atoms with van der Waals surface area (Å²) in [5.41, 5.74) is 7.88. The van der Waals surface area contributed by atoms with Gasteiger partial charge in [0.15, 0.2) is 0 Å². The summed E-state index contributed by atoms with van der Waals surface area (Å²) in [5, 5.41) is 3.25. The van der Waals surface area contributed by atoms with Gasteiger partial charge in [-0.2, -0.15) is 0 Å². The Bertz CT molecular complexity index is 513. The first-order valence-corrected chi connectivity index (χ1v) is 6.48. The molecule has 0 bridgehead atoms. The van der Waals surface area contributed by atoms with Gasteiger partial charge in [-0.25, -0.2) is 4.98 Å². The summed E-state index contributed by atoms with van der Waals surface area (Å²) in [5.74, 6) is 0.579. The maximum atomic E-state index is 5.86. The van der Waals surface area contributed by atoms with Crippen molar-refractivity contribution in [1.29, 1.82) is 0 Å². The third kappa shape index (κ3) is 3.05. The highest BCUT2D eigenvalue weighted by Crippen LogP contribution is 2.20. The Labute approximate surface area is 115 Å². The van der Waals surface area contributed by atoms with Gasteiger partial charge in [-0.3, -0.25) is 4.98 Å². The molecule has 4 nitrogen and oxygen atoms in total. The van der Waals surface area contributed by atoms with Crippen LogP contribution in [0, 0.1) is 0 Å². The lowest BCUT2D eigenvalue weighted by Gasteiger charge is -2.16. The van der Waals surface area contributed by atoms with Crippen LogP contribution in [0.2, 0.25) is 0 Å². The minimum absolute atomic E-state index is 0.129. The lowest BCUT2D eigenvalue weighted by molar-refractivity contribution is 0.576. The number of rotatable bonds is 4. The first-order chi connectivity index (χ1) is 8.70. The molecule has 2 rings (SSSR count). The minimum atomic E-state index is 0.129. The maximum Gasteiger partial charge on any atom is 0.126 e. The molecule has 0 aliphatic carbocycles. The van der Waals surface area contributed by atoms with E-state index in [2.05, 4.69) is 31.2 Å². The first kappa shape index (κ1) is 13.0. The van der Waals surface area contributed by atoms with E-state index in [9.17, 15) is 0 Å². The molecule has 0 aromatic carbocycles. The molecule has 0 aliphatic rings. The molecule has 94 valence electrons. The molecule has 0 saturated carbocycles. The van der Waals surface area contributed by atoms with E-state index < -0.39 is 0 Å². The van der Waals surface area contributed by atoms with Gasteiger partial charge in [0.2, 0.25) is 0 Å². The SMILES string of the molecule is CNC(Cc1cccnc1N)c1ccc(Br)cn1. The summed E-state index contributed by atoms with van der Waals surface area (Å²) in [6, 6.07) is 8.00. The van der Waals surface area contributed by atoms with Gasteiger partial charge in [-0.05, 0) is 53.2 Å². The lowest BCUT2D eigenvalue weighted by atomic mass is 10.0. The maximum absolute atomic E-state index is 5.86. The smallest absolute Gasteiger partial charge is 0.126 e. The Kier molecular flexibility index (Phi) is 4.28. The van der Waals surface area contributed by atoms with E-state index in [4.69, 9.17) is 5.73 Å². The molecule has 2 aromatic rings. The highest BCUT2D eigenvalue weighted by molar-refractivity contribution is 9.10. The number of likely N-dealkylation sites (N-methyl/N-ethyl adjacent to an activating group) is 1. The predicted octanol–water partition coefficient (Wildman–Crippen LogP) is 2.32. The summed E-state index contributed by atoms with van der Waals surface area (Å²) in [7, 11) is 1.92. The van der Waals surface area contributed by atoms with Crippen LogP contribution in [0.25, 0.3) is 0 Å². The van der Waals surface area contributed by atoms with Crippen LogP contribution in [-0.2, 0) is 6.42 Å². The monoisotopic (exact) mass is 306 g/mol. The third-order valence-corrected chi connectivity index (χ3v) is 3.27. The number of nitrogens with two attached hydrogens (primary N) is 1. The van der Waals surface area contributed by atoms with Crippen molar-refractivity contribution < 1.29 is 0 Å². The normalized spacial score (nSPS) is 12.3. The number of nitrogen functional groups attached to an aromatic ring is 1. The van der Waals surface area contributed by atoms with E-state index in [0.29, 0.717) is 5.82 Å². The second-order valence-electron chi connectivity index (χ2n) is 3.99. The van der Waals surface area contributed by atoms with Crippen molar-refractivity contribution in [2.24, 2.45) is 0 Å². The first-order valence-electron chi connectivity index (χ1n) is 5.69. The Morgan fingerprint density at radius 1 is 1.33 bits per heavy atom. The highest BCUT2D eigenvalue weighted by Gasteiger charge is 2.13. The standard InChI is InChI=1S/C13H15BrN4/c1-16-12(11-5-4-10(14)8-18-11)7-9-3-2-6-17-13(9)15/h2-6,8,12,16H,7H2,1H3,(H2,15,17). The van der Waals surface area contributed by atoms with Gasteiger partial charge in [-0.15, -0.1) is 0 Å². The second-order valence-corrected chi connectivity index (χ2v) is 4.91. The van der Waals surface area contributed by atoms with E-state index in [-0.39, 0.29) is 6.04 Å².